The highest BCUT2D eigenvalue weighted by molar-refractivity contribution is 7.89. The van der Waals surface area contributed by atoms with E-state index in [1.165, 1.54) is 10.4 Å². The summed E-state index contributed by atoms with van der Waals surface area (Å²) in [6.07, 6.45) is 4.69. The molecule has 0 radical (unpaired) electrons. The fourth-order valence-corrected chi connectivity index (χ4v) is 4.37. The molecule has 1 aliphatic rings. The highest BCUT2D eigenvalue weighted by Crippen LogP contribution is 2.28. The molecule has 7 heteroatoms. The maximum Gasteiger partial charge on any atom is 0.311 e. The molecule has 120 valence electrons. The molecule has 3 rings (SSSR count). The number of aryl methyl sites for hydroxylation is 1. The topological polar surface area (TPSA) is 87.6 Å². The molecule has 1 atom stereocenters. The number of carbonyl (C=O) groups is 1. The zero-order chi connectivity index (χ0) is 16.6. The van der Waals surface area contributed by atoms with E-state index >= 15 is 0 Å². The van der Waals surface area contributed by atoms with Gasteiger partial charge < -0.3 is 5.11 Å². The van der Waals surface area contributed by atoms with E-state index in [1.807, 2.05) is 13.0 Å². The normalized spacial score (nSPS) is 19.1. The lowest BCUT2D eigenvalue weighted by Crippen LogP contribution is -2.39. The van der Waals surface area contributed by atoms with Gasteiger partial charge in [-0.15, -0.1) is 0 Å². The summed E-state index contributed by atoms with van der Waals surface area (Å²) < 4.78 is 27.1. The predicted octanol–water partition coefficient (Wildman–Crippen LogP) is 1.80. The largest absolute Gasteiger partial charge is 0.481 e. The van der Waals surface area contributed by atoms with E-state index in [4.69, 9.17) is 5.11 Å². The van der Waals surface area contributed by atoms with Crippen LogP contribution >= 0.6 is 0 Å². The van der Waals surface area contributed by atoms with Crippen molar-refractivity contribution in [2.45, 2.75) is 11.8 Å². The Hall–Kier alpha value is -2.25. The van der Waals surface area contributed by atoms with Crippen LogP contribution in [-0.4, -0.2) is 41.9 Å². The van der Waals surface area contributed by atoms with Gasteiger partial charge >= 0.3 is 5.97 Å². The lowest BCUT2D eigenvalue weighted by atomic mass is 10.1. The highest BCUT2D eigenvalue weighted by Gasteiger charge is 2.31. The molecule has 2 heterocycles. The van der Waals surface area contributed by atoms with Gasteiger partial charge in [-0.2, -0.15) is 4.31 Å². The molecule has 2 aromatic rings. The van der Waals surface area contributed by atoms with Crippen LogP contribution in [0.4, 0.5) is 0 Å². The summed E-state index contributed by atoms with van der Waals surface area (Å²) in [7, 11) is -3.78. The number of aliphatic carboxylic acids is 1. The van der Waals surface area contributed by atoms with Gasteiger partial charge in [-0.1, -0.05) is 24.3 Å². The second-order valence-electron chi connectivity index (χ2n) is 5.44. The van der Waals surface area contributed by atoms with E-state index in [1.54, 1.807) is 30.5 Å². The molecule has 23 heavy (non-hydrogen) atoms. The van der Waals surface area contributed by atoms with Crippen LogP contribution < -0.4 is 0 Å². The summed E-state index contributed by atoms with van der Waals surface area (Å²) >= 11 is 0. The number of nitrogens with zero attached hydrogens (tertiary/aromatic N) is 2. The van der Waals surface area contributed by atoms with Crippen molar-refractivity contribution >= 4 is 26.8 Å². The first-order valence-corrected chi connectivity index (χ1v) is 8.59. The van der Waals surface area contributed by atoms with E-state index in [-0.39, 0.29) is 18.0 Å². The number of benzene rings is 1. The minimum Gasteiger partial charge on any atom is -0.481 e. The number of fused-ring (bicyclic) bond motifs is 1. The monoisotopic (exact) mass is 332 g/mol. The first-order chi connectivity index (χ1) is 10.9. The molecule has 6 nitrogen and oxygen atoms in total. The zero-order valence-electron chi connectivity index (χ0n) is 12.5. The lowest BCUT2D eigenvalue weighted by Gasteiger charge is -2.26. The molecule has 0 spiro atoms. The molecule has 0 fully saturated rings. The summed E-state index contributed by atoms with van der Waals surface area (Å²) in [4.78, 5) is 15.5. The van der Waals surface area contributed by atoms with Crippen molar-refractivity contribution in [2.75, 3.05) is 13.1 Å². The van der Waals surface area contributed by atoms with Gasteiger partial charge in [-0.3, -0.25) is 9.78 Å². The Labute approximate surface area is 134 Å². The molecule has 1 unspecified atom stereocenters. The molecule has 1 aromatic heterocycles. The van der Waals surface area contributed by atoms with E-state index < -0.39 is 21.9 Å². The SMILES string of the molecule is Cc1nccc2c(S(=O)(=O)N3CC=CC(C(=O)O)C3)cccc12. The molecule has 0 amide bonds. The molecule has 1 N–H and O–H groups in total. The number of hydrogen-bond acceptors (Lipinski definition) is 4. The van der Waals surface area contributed by atoms with Gasteiger partial charge in [0, 0.05) is 35.8 Å². The number of carboxylic acids is 1. The number of sulfonamides is 1. The van der Waals surface area contributed by atoms with Crippen LogP contribution in [0.5, 0.6) is 0 Å². The average molecular weight is 332 g/mol. The van der Waals surface area contributed by atoms with Gasteiger partial charge in [0.15, 0.2) is 0 Å². The second kappa shape index (κ2) is 5.75. The molecule has 1 aromatic carbocycles. The van der Waals surface area contributed by atoms with E-state index in [0.717, 1.165) is 11.1 Å². The van der Waals surface area contributed by atoms with Crippen LogP contribution in [0.3, 0.4) is 0 Å². The van der Waals surface area contributed by atoms with Gasteiger partial charge in [0.1, 0.15) is 0 Å². The molecular weight excluding hydrogens is 316 g/mol. The van der Waals surface area contributed by atoms with Crippen molar-refractivity contribution in [2.24, 2.45) is 5.92 Å². The summed E-state index contributed by atoms with van der Waals surface area (Å²) in [5, 5.41) is 10.5. The van der Waals surface area contributed by atoms with E-state index in [0.29, 0.717) is 5.39 Å². The molecule has 0 saturated heterocycles. The molecule has 0 bridgehead atoms. The highest BCUT2D eigenvalue weighted by atomic mass is 32.2. The third kappa shape index (κ3) is 2.73. The Morgan fingerprint density at radius 2 is 2.09 bits per heavy atom. The standard InChI is InChI=1S/C16H16N2O4S/c1-11-13-5-2-6-15(14(13)7-8-17-11)23(21,22)18-9-3-4-12(10-18)16(19)20/h2-8,12H,9-10H2,1H3,(H,19,20). The molecule has 1 aliphatic heterocycles. The number of aromatic nitrogens is 1. The first kappa shape index (κ1) is 15.6. The number of carboxylic acid groups (broad SMARTS) is 1. The summed E-state index contributed by atoms with van der Waals surface area (Å²) in [5.74, 6) is -1.85. The Morgan fingerprint density at radius 1 is 1.30 bits per heavy atom. The Morgan fingerprint density at radius 3 is 2.83 bits per heavy atom. The van der Waals surface area contributed by atoms with Crippen molar-refractivity contribution in [3.8, 4) is 0 Å². The van der Waals surface area contributed by atoms with E-state index in [9.17, 15) is 13.2 Å². The van der Waals surface area contributed by atoms with Crippen LogP contribution in [0.15, 0.2) is 47.5 Å². The van der Waals surface area contributed by atoms with Crippen molar-refractivity contribution in [3.05, 3.63) is 48.3 Å². The fourth-order valence-electron chi connectivity index (χ4n) is 2.74. The maximum atomic E-state index is 13.0. The quantitative estimate of drug-likeness (QED) is 0.866. The zero-order valence-corrected chi connectivity index (χ0v) is 13.3. The van der Waals surface area contributed by atoms with Gasteiger partial charge in [0.2, 0.25) is 10.0 Å². The molecule has 0 aliphatic carbocycles. The Bertz CT molecular complexity index is 905. The fraction of sp³-hybridized carbons (Fsp3) is 0.250. The predicted molar refractivity (Wildman–Crippen MR) is 85.5 cm³/mol. The third-order valence-corrected chi connectivity index (χ3v) is 5.87. The number of rotatable bonds is 3. The molecular formula is C16H16N2O4S. The van der Waals surface area contributed by atoms with Crippen LogP contribution in [0.2, 0.25) is 0 Å². The van der Waals surface area contributed by atoms with Crippen LogP contribution in [-0.2, 0) is 14.8 Å². The van der Waals surface area contributed by atoms with Gasteiger partial charge in [-0.05, 0) is 19.1 Å². The average Bonchev–Trinajstić information content (AvgIpc) is 2.55. The minimum atomic E-state index is -3.78. The van der Waals surface area contributed by atoms with Crippen molar-refractivity contribution in [1.82, 2.24) is 9.29 Å². The maximum absolute atomic E-state index is 13.0. The first-order valence-electron chi connectivity index (χ1n) is 7.15. The van der Waals surface area contributed by atoms with Crippen LogP contribution in [0.1, 0.15) is 5.69 Å². The minimum absolute atomic E-state index is 0.0609. The molecule has 0 saturated carbocycles. The van der Waals surface area contributed by atoms with Gasteiger partial charge in [0.05, 0.1) is 10.8 Å². The summed E-state index contributed by atoms with van der Waals surface area (Å²) in [6, 6.07) is 6.72. The van der Waals surface area contributed by atoms with Gasteiger partial charge in [-0.25, -0.2) is 8.42 Å². The lowest BCUT2D eigenvalue weighted by molar-refractivity contribution is -0.140. The smallest absolute Gasteiger partial charge is 0.311 e. The Kier molecular flexibility index (Phi) is 3.91. The van der Waals surface area contributed by atoms with Crippen molar-refractivity contribution in [3.63, 3.8) is 0 Å². The van der Waals surface area contributed by atoms with Gasteiger partial charge in [0.25, 0.3) is 0 Å². The second-order valence-corrected chi connectivity index (χ2v) is 7.35. The number of pyridine rings is 1. The summed E-state index contributed by atoms with van der Waals surface area (Å²) in [5.41, 5.74) is 0.751. The third-order valence-electron chi connectivity index (χ3n) is 3.98. The van der Waals surface area contributed by atoms with Crippen LogP contribution in [0, 0.1) is 12.8 Å². The Balaban J connectivity index is 2.09. The van der Waals surface area contributed by atoms with Crippen LogP contribution in [0.25, 0.3) is 10.8 Å². The van der Waals surface area contributed by atoms with Crippen molar-refractivity contribution < 1.29 is 18.3 Å². The van der Waals surface area contributed by atoms with Crippen molar-refractivity contribution in [1.29, 1.82) is 0 Å². The summed E-state index contributed by atoms with van der Waals surface area (Å²) in [6.45, 7) is 1.93. The van der Waals surface area contributed by atoms with E-state index in [2.05, 4.69) is 4.98 Å². The number of hydrogen-bond donors (Lipinski definition) is 1.